The topological polar surface area (TPSA) is 52.7 Å². The number of carbonyl (C=O) groups is 2. The lowest BCUT2D eigenvalue weighted by Crippen LogP contribution is -2.43. The summed E-state index contributed by atoms with van der Waals surface area (Å²) in [5.41, 5.74) is 2.17. The van der Waals surface area contributed by atoms with E-state index in [9.17, 15) is 14.0 Å². The molecule has 5 nitrogen and oxygen atoms in total. The molecule has 0 unspecified atom stereocenters. The average molecular weight is 466 g/mol. The maximum absolute atomic E-state index is 13.2. The van der Waals surface area contributed by atoms with Crippen LogP contribution in [0.5, 0.6) is 0 Å². The van der Waals surface area contributed by atoms with Crippen LogP contribution in [0.2, 0.25) is 0 Å². The van der Waals surface area contributed by atoms with Gasteiger partial charge in [-0.1, -0.05) is 56.3 Å². The number of amides is 2. The van der Waals surface area contributed by atoms with Crippen LogP contribution >= 0.6 is 0 Å². The fraction of sp³-hybridized carbons (Fsp3) is 0.500. The van der Waals surface area contributed by atoms with Gasteiger partial charge in [-0.3, -0.25) is 9.59 Å². The van der Waals surface area contributed by atoms with Crippen molar-refractivity contribution in [1.82, 2.24) is 15.1 Å². The predicted octanol–water partition coefficient (Wildman–Crippen LogP) is 4.54. The van der Waals surface area contributed by atoms with Crippen LogP contribution in [-0.2, 0) is 16.1 Å². The first-order valence-electron chi connectivity index (χ1n) is 12.4. The third kappa shape index (κ3) is 6.03. The summed E-state index contributed by atoms with van der Waals surface area (Å²) in [6.07, 6.45) is 3.49. The Labute approximate surface area is 202 Å². The van der Waals surface area contributed by atoms with E-state index in [2.05, 4.69) is 22.3 Å². The molecule has 2 aromatic rings. The van der Waals surface area contributed by atoms with Gasteiger partial charge in [0.1, 0.15) is 5.82 Å². The fourth-order valence-corrected chi connectivity index (χ4v) is 5.18. The molecule has 1 N–H and O–H groups in total. The van der Waals surface area contributed by atoms with Crippen LogP contribution in [0.4, 0.5) is 4.39 Å². The Morgan fingerprint density at radius 2 is 1.74 bits per heavy atom. The summed E-state index contributed by atoms with van der Waals surface area (Å²) in [5.74, 6) is -0.00656. The van der Waals surface area contributed by atoms with Crippen LogP contribution in [0.15, 0.2) is 54.6 Å². The van der Waals surface area contributed by atoms with Gasteiger partial charge in [-0.2, -0.15) is 0 Å². The molecule has 2 fully saturated rings. The first kappa shape index (κ1) is 24.4. The Hall–Kier alpha value is -2.73. The van der Waals surface area contributed by atoms with Gasteiger partial charge in [-0.05, 0) is 61.0 Å². The molecule has 182 valence electrons. The van der Waals surface area contributed by atoms with Crippen LogP contribution in [0, 0.1) is 17.2 Å². The number of hydrogen-bond donors (Lipinski definition) is 1. The molecule has 1 atom stereocenters. The lowest BCUT2D eigenvalue weighted by molar-refractivity contribution is -0.128. The molecule has 0 aliphatic carbocycles. The molecule has 6 heteroatoms. The van der Waals surface area contributed by atoms with Crippen molar-refractivity contribution in [2.24, 2.45) is 11.3 Å². The molecule has 34 heavy (non-hydrogen) atoms. The van der Waals surface area contributed by atoms with Gasteiger partial charge in [0.15, 0.2) is 0 Å². The highest BCUT2D eigenvalue weighted by molar-refractivity contribution is 5.79. The molecule has 2 amide bonds. The van der Waals surface area contributed by atoms with Crippen molar-refractivity contribution in [3.05, 3.63) is 71.5 Å². The molecule has 1 spiro atoms. The van der Waals surface area contributed by atoms with Crippen LogP contribution in [0.25, 0.3) is 0 Å². The number of carbonyl (C=O) groups excluding carboxylic acids is 2. The third-order valence-electron chi connectivity index (χ3n) is 7.39. The van der Waals surface area contributed by atoms with Gasteiger partial charge in [0.25, 0.3) is 0 Å². The zero-order chi connectivity index (χ0) is 24.1. The standard InChI is InChI=1S/C28H36FN3O2/c1-21(2)27(34)30-25(23-6-4-3-5-7-23)12-15-31-16-13-28(14-17-31)18-26(33)32(20-28)19-22-8-10-24(29)11-9-22/h3-11,21,25H,12-20H2,1-2H3,(H,30,34)/t25-/m0/s1. The van der Waals surface area contributed by atoms with Crippen molar-refractivity contribution in [3.63, 3.8) is 0 Å². The number of piperidine rings is 1. The summed E-state index contributed by atoms with van der Waals surface area (Å²) >= 11 is 0. The second kappa shape index (κ2) is 10.7. The summed E-state index contributed by atoms with van der Waals surface area (Å²) in [4.78, 5) is 29.5. The molecule has 4 rings (SSSR count). The predicted molar refractivity (Wildman–Crippen MR) is 131 cm³/mol. The number of nitrogens with one attached hydrogen (secondary N) is 1. The van der Waals surface area contributed by atoms with Gasteiger partial charge in [0, 0.05) is 32.0 Å². The molecule has 2 aromatic carbocycles. The molecule has 2 heterocycles. The van der Waals surface area contributed by atoms with E-state index in [0.29, 0.717) is 13.0 Å². The van der Waals surface area contributed by atoms with Gasteiger partial charge in [-0.15, -0.1) is 0 Å². The van der Waals surface area contributed by atoms with Crippen molar-refractivity contribution in [3.8, 4) is 0 Å². The monoisotopic (exact) mass is 465 g/mol. The van der Waals surface area contributed by atoms with Gasteiger partial charge in [-0.25, -0.2) is 4.39 Å². The fourth-order valence-electron chi connectivity index (χ4n) is 5.18. The highest BCUT2D eigenvalue weighted by atomic mass is 19.1. The minimum absolute atomic E-state index is 0.00578. The quantitative estimate of drug-likeness (QED) is 0.623. The van der Waals surface area contributed by atoms with Gasteiger partial charge in [0.05, 0.1) is 6.04 Å². The lowest BCUT2D eigenvalue weighted by atomic mass is 9.77. The molecule has 0 aromatic heterocycles. The van der Waals surface area contributed by atoms with Crippen molar-refractivity contribution < 1.29 is 14.0 Å². The van der Waals surface area contributed by atoms with Crippen molar-refractivity contribution in [1.29, 1.82) is 0 Å². The molecule has 0 bridgehead atoms. The lowest BCUT2D eigenvalue weighted by Gasteiger charge is -2.39. The maximum Gasteiger partial charge on any atom is 0.223 e. The zero-order valence-corrected chi connectivity index (χ0v) is 20.3. The highest BCUT2D eigenvalue weighted by Gasteiger charge is 2.44. The highest BCUT2D eigenvalue weighted by Crippen LogP contribution is 2.41. The molecule has 2 saturated heterocycles. The summed E-state index contributed by atoms with van der Waals surface area (Å²) in [5, 5.41) is 3.22. The second-order valence-corrected chi connectivity index (χ2v) is 10.3. The van der Waals surface area contributed by atoms with Gasteiger partial charge >= 0.3 is 0 Å². The third-order valence-corrected chi connectivity index (χ3v) is 7.39. The van der Waals surface area contributed by atoms with Crippen LogP contribution < -0.4 is 5.32 Å². The second-order valence-electron chi connectivity index (χ2n) is 10.3. The Morgan fingerprint density at radius 1 is 1.06 bits per heavy atom. The molecular formula is C28H36FN3O2. The van der Waals surface area contributed by atoms with E-state index in [4.69, 9.17) is 0 Å². The van der Waals surface area contributed by atoms with E-state index in [1.165, 1.54) is 12.1 Å². The molecule has 2 aliphatic rings. The smallest absolute Gasteiger partial charge is 0.223 e. The number of rotatable bonds is 8. The number of hydrogen-bond acceptors (Lipinski definition) is 3. The van der Waals surface area contributed by atoms with E-state index >= 15 is 0 Å². The zero-order valence-electron chi connectivity index (χ0n) is 20.3. The molecule has 0 saturated carbocycles. The Balaban J connectivity index is 1.30. The number of halogens is 1. The first-order chi connectivity index (χ1) is 16.3. The first-order valence-corrected chi connectivity index (χ1v) is 12.4. The van der Waals surface area contributed by atoms with Crippen molar-refractivity contribution >= 4 is 11.8 Å². The summed E-state index contributed by atoms with van der Waals surface area (Å²) in [6, 6.07) is 16.6. The maximum atomic E-state index is 13.2. The van der Waals surface area contributed by atoms with E-state index in [1.54, 1.807) is 12.1 Å². The van der Waals surface area contributed by atoms with E-state index < -0.39 is 0 Å². The Bertz CT molecular complexity index is 969. The van der Waals surface area contributed by atoms with Gasteiger partial charge in [0.2, 0.25) is 11.8 Å². The summed E-state index contributed by atoms with van der Waals surface area (Å²) in [6.45, 7) is 8.04. The minimum Gasteiger partial charge on any atom is -0.349 e. The average Bonchev–Trinajstić information content (AvgIpc) is 3.13. The normalized spacial score (nSPS) is 19.1. The van der Waals surface area contributed by atoms with E-state index in [-0.39, 0.29) is 35.0 Å². The van der Waals surface area contributed by atoms with E-state index in [0.717, 1.165) is 56.6 Å². The number of nitrogens with zero attached hydrogens (tertiary/aromatic N) is 2. The molecular weight excluding hydrogens is 429 g/mol. The Kier molecular flexibility index (Phi) is 7.67. The van der Waals surface area contributed by atoms with Crippen molar-refractivity contribution in [2.75, 3.05) is 26.2 Å². The summed E-state index contributed by atoms with van der Waals surface area (Å²) in [7, 11) is 0. The minimum atomic E-state index is -0.251. The largest absolute Gasteiger partial charge is 0.349 e. The van der Waals surface area contributed by atoms with Crippen LogP contribution in [0.3, 0.4) is 0 Å². The SMILES string of the molecule is CC(C)C(=O)N[C@@H](CCN1CCC2(CC1)CC(=O)N(Cc1ccc(F)cc1)C2)c1ccccc1. The van der Waals surface area contributed by atoms with Crippen molar-refractivity contribution in [2.45, 2.75) is 52.1 Å². The van der Waals surface area contributed by atoms with E-state index in [1.807, 2.05) is 36.9 Å². The van der Waals surface area contributed by atoms with Crippen LogP contribution in [0.1, 0.15) is 56.7 Å². The summed E-state index contributed by atoms with van der Waals surface area (Å²) < 4.78 is 13.2. The molecule has 0 radical (unpaired) electrons. The van der Waals surface area contributed by atoms with Crippen LogP contribution in [-0.4, -0.2) is 47.8 Å². The van der Waals surface area contributed by atoms with Gasteiger partial charge < -0.3 is 15.1 Å². The Morgan fingerprint density at radius 3 is 2.38 bits per heavy atom. The number of likely N-dealkylation sites (tertiary alicyclic amines) is 2. The number of benzene rings is 2. The molecule has 2 aliphatic heterocycles.